The van der Waals surface area contributed by atoms with Gasteiger partial charge in [0.25, 0.3) is 0 Å². The van der Waals surface area contributed by atoms with Gasteiger partial charge in [0.05, 0.1) is 5.02 Å². The lowest BCUT2D eigenvalue weighted by Crippen LogP contribution is -2.24. The van der Waals surface area contributed by atoms with Crippen molar-refractivity contribution in [2.75, 3.05) is 0 Å². The second kappa shape index (κ2) is 4.18. The second-order valence-electron chi connectivity index (χ2n) is 2.85. The average molecular weight is 241 g/mol. The van der Waals surface area contributed by atoms with E-state index in [9.17, 15) is 22.4 Å². The number of Topliss-reactive ketones (excluding diaryl/α,β-unsaturated/α-hetero) is 1. The molecular weight excluding hydrogens is 236 g/mol. The summed E-state index contributed by atoms with van der Waals surface area (Å²) in [7, 11) is 0. The highest BCUT2D eigenvalue weighted by Gasteiger charge is 2.37. The number of alkyl halides is 3. The third-order valence-electron chi connectivity index (χ3n) is 1.66. The molecule has 0 heterocycles. The maximum atomic E-state index is 12.6. The zero-order valence-corrected chi connectivity index (χ0v) is 7.99. The number of hydrogen-bond donors (Lipinski definition) is 0. The molecule has 82 valence electrons. The first kappa shape index (κ1) is 12.0. The third-order valence-corrected chi connectivity index (χ3v) is 1.95. The summed E-state index contributed by atoms with van der Waals surface area (Å²) in [6.07, 6.45) is -5.70. The van der Waals surface area contributed by atoms with Crippen molar-refractivity contribution in [3.05, 3.63) is 34.6 Å². The first-order valence-electron chi connectivity index (χ1n) is 3.84. The lowest BCUT2D eigenvalue weighted by Gasteiger charge is -2.05. The summed E-state index contributed by atoms with van der Waals surface area (Å²) < 4.78 is 48.2. The van der Waals surface area contributed by atoms with Gasteiger partial charge in [-0.15, -0.1) is 0 Å². The Labute approximate surface area is 87.7 Å². The van der Waals surface area contributed by atoms with Crippen LogP contribution in [0.2, 0.25) is 5.02 Å². The molecule has 0 N–H and O–H groups in total. The average Bonchev–Trinajstić information content (AvgIpc) is 2.10. The highest BCUT2D eigenvalue weighted by Crippen LogP contribution is 2.21. The minimum Gasteiger partial charge on any atom is -0.289 e. The summed E-state index contributed by atoms with van der Waals surface area (Å²) in [6, 6.07) is 3.01. The molecule has 0 bridgehead atoms. The Kier molecular flexibility index (Phi) is 3.34. The Hall–Kier alpha value is -1.10. The molecule has 1 nitrogen and oxygen atoms in total. The van der Waals surface area contributed by atoms with Crippen LogP contribution in [-0.4, -0.2) is 12.0 Å². The number of carbonyl (C=O) groups excluding carboxylic acids is 1. The Balaban J connectivity index is 2.83. The predicted octanol–water partition coefficient (Wildman–Crippen LogP) is 3.15. The Morgan fingerprint density at radius 3 is 2.40 bits per heavy atom. The quantitative estimate of drug-likeness (QED) is 0.726. The molecule has 6 heteroatoms. The van der Waals surface area contributed by atoms with Crippen molar-refractivity contribution in [3.8, 4) is 0 Å². The summed E-state index contributed by atoms with van der Waals surface area (Å²) in [6.45, 7) is 0. The standard InChI is InChI=1S/C9H5ClF4O/c10-6-3-5(1-2-7(6)11)4-8(15)9(12,13)14/h1-3H,4H2. The van der Waals surface area contributed by atoms with Crippen LogP contribution >= 0.6 is 11.6 Å². The number of carbonyl (C=O) groups is 1. The fraction of sp³-hybridized carbons (Fsp3) is 0.222. The molecule has 0 atom stereocenters. The van der Waals surface area contributed by atoms with E-state index in [1.54, 1.807) is 0 Å². The SMILES string of the molecule is O=C(Cc1ccc(F)c(Cl)c1)C(F)(F)F. The fourth-order valence-electron chi connectivity index (χ4n) is 0.935. The van der Waals surface area contributed by atoms with Crippen LogP contribution < -0.4 is 0 Å². The summed E-state index contributed by atoms with van der Waals surface area (Å²) in [5, 5.41) is -0.303. The molecule has 0 spiro atoms. The van der Waals surface area contributed by atoms with Crippen LogP contribution in [0.5, 0.6) is 0 Å². The predicted molar refractivity (Wildman–Crippen MR) is 46.2 cm³/mol. The summed E-state index contributed by atoms with van der Waals surface area (Å²) in [4.78, 5) is 10.6. The highest BCUT2D eigenvalue weighted by atomic mass is 35.5. The molecule has 1 aromatic rings. The van der Waals surface area contributed by atoms with Gasteiger partial charge in [-0.1, -0.05) is 17.7 Å². The van der Waals surface area contributed by atoms with Crippen molar-refractivity contribution in [2.24, 2.45) is 0 Å². The largest absolute Gasteiger partial charge is 0.450 e. The van der Waals surface area contributed by atoms with E-state index in [0.29, 0.717) is 0 Å². The van der Waals surface area contributed by atoms with E-state index in [1.807, 2.05) is 0 Å². The summed E-state index contributed by atoms with van der Waals surface area (Å²) in [5.41, 5.74) is 0.0312. The van der Waals surface area contributed by atoms with Crippen molar-refractivity contribution in [2.45, 2.75) is 12.6 Å². The molecule has 0 saturated carbocycles. The Bertz CT molecular complexity index is 386. The minimum atomic E-state index is -4.87. The van der Waals surface area contributed by atoms with E-state index >= 15 is 0 Å². The molecule has 0 unspecified atom stereocenters. The van der Waals surface area contributed by atoms with Crippen LogP contribution in [0.4, 0.5) is 17.6 Å². The normalized spacial score (nSPS) is 11.5. The smallest absolute Gasteiger partial charge is 0.289 e. The van der Waals surface area contributed by atoms with Crippen LogP contribution in [0, 0.1) is 5.82 Å². The van der Waals surface area contributed by atoms with Crippen molar-refractivity contribution in [3.63, 3.8) is 0 Å². The molecule has 0 amide bonds. The minimum absolute atomic E-state index is 0.0312. The monoisotopic (exact) mass is 240 g/mol. The summed E-state index contributed by atoms with van der Waals surface area (Å²) >= 11 is 5.34. The van der Waals surface area contributed by atoms with Gasteiger partial charge in [-0.25, -0.2) is 4.39 Å². The van der Waals surface area contributed by atoms with E-state index in [0.717, 1.165) is 18.2 Å². The molecule has 1 aromatic carbocycles. The van der Waals surface area contributed by atoms with E-state index in [2.05, 4.69) is 0 Å². The van der Waals surface area contributed by atoms with Gasteiger partial charge in [-0.2, -0.15) is 13.2 Å². The Morgan fingerprint density at radius 2 is 1.93 bits per heavy atom. The molecule has 0 aliphatic rings. The van der Waals surface area contributed by atoms with Crippen LogP contribution in [0.15, 0.2) is 18.2 Å². The molecule has 0 radical (unpaired) electrons. The Morgan fingerprint density at radius 1 is 1.33 bits per heavy atom. The second-order valence-corrected chi connectivity index (χ2v) is 3.25. The third kappa shape index (κ3) is 3.20. The van der Waals surface area contributed by atoms with E-state index in [-0.39, 0.29) is 10.6 Å². The first-order valence-corrected chi connectivity index (χ1v) is 4.22. The maximum absolute atomic E-state index is 12.6. The van der Waals surface area contributed by atoms with E-state index in [4.69, 9.17) is 11.6 Å². The van der Waals surface area contributed by atoms with Crippen LogP contribution in [0.25, 0.3) is 0 Å². The molecule has 1 rings (SSSR count). The number of rotatable bonds is 2. The van der Waals surface area contributed by atoms with Gasteiger partial charge in [-0.05, 0) is 17.7 Å². The van der Waals surface area contributed by atoms with E-state index in [1.165, 1.54) is 0 Å². The number of hydrogen-bond acceptors (Lipinski definition) is 1. The molecule has 0 aromatic heterocycles. The zero-order valence-electron chi connectivity index (χ0n) is 7.24. The van der Waals surface area contributed by atoms with Crippen molar-refractivity contribution in [1.29, 1.82) is 0 Å². The maximum Gasteiger partial charge on any atom is 0.450 e. The van der Waals surface area contributed by atoms with Gasteiger partial charge in [-0.3, -0.25) is 4.79 Å². The van der Waals surface area contributed by atoms with Gasteiger partial charge in [0.2, 0.25) is 5.78 Å². The molecule has 15 heavy (non-hydrogen) atoms. The lowest BCUT2D eigenvalue weighted by atomic mass is 10.1. The van der Waals surface area contributed by atoms with Crippen molar-refractivity contribution in [1.82, 2.24) is 0 Å². The molecule has 0 fully saturated rings. The van der Waals surface area contributed by atoms with Crippen molar-refractivity contribution < 1.29 is 22.4 Å². The molecule has 0 saturated heterocycles. The highest BCUT2D eigenvalue weighted by molar-refractivity contribution is 6.30. The molecular formula is C9H5ClF4O. The van der Waals surface area contributed by atoms with Gasteiger partial charge in [0.15, 0.2) is 0 Å². The van der Waals surface area contributed by atoms with Gasteiger partial charge in [0, 0.05) is 6.42 Å². The topological polar surface area (TPSA) is 17.1 Å². The number of benzene rings is 1. The van der Waals surface area contributed by atoms with Crippen LogP contribution in [-0.2, 0) is 11.2 Å². The van der Waals surface area contributed by atoms with Gasteiger partial charge in [0.1, 0.15) is 5.82 Å². The fourth-order valence-corrected chi connectivity index (χ4v) is 1.14. The van der Waals surface area contributed by atoms with Crippen LogP contribution in [0.1, 0.15) is 5.56 Å². The molecule has 0 aliphatic carbocycles. The van der Waals surface area contributed by atoms with Gasteiger partial charge < -0.3 is 0 Å². The number of ketones is 1. The molecule has 0 aliphatic heterocycles. The summed E-state index contributed by atoms with van der Waals surface area (Å²) in [5.74, 6) is -2.62. The first-order chi connectivity index (χ1) is 6.80. The van der Waals surface area contributed by atoms with Gasteiger partial charge >= 0.3 is 6.18 Å². The number of halogens is 5. The van der Waals surface area contributed by atoms with Crippen molar-refractivity contribution >= 4 is 17.4 Å². The lowest BCUT2D eigenvalue weighted by molar-refractivity contribution is -0.170. The zero-order chi connectivity index (χ0) is 11.6. The van der Waals surface area contributed by atoms with E-state index < -0.39 is 24.2 Å². The van der Waals surface area contributed by atoms with Crippen LogP contribution in [0.3, 0.4) is 0 Å².